The molecule has 0 aromatic carbocycles. The normalized spacial score (nSPS) is 43.3. The van der Waals surface area contributed by atoms with Crippen molar-refractivity contribution in [2.24, 2.45) is 28.6 Å². The minimum absolute atomic E-state index is 0.0879. The standard InChI is InChI=1S/C21H26O3/c1-13(22)24-18-5-4-11-20(2)16-10-12-21(3)15(8-9-19(21)23)14(16)6-7-17(18)20/h4,6-7,11,14-16H,5,8-10,12H2,1-3H3/t14-,15-,16-,20+,21-/m0/s1. The quantitative estimate of drug-likeness (QED) is 0.531. The van der Waals surface area contributed by atoms with Crippen LogP contribution < -0.4 is 0 Å². The molecule has 2 fully saturated rings. The Morgan fingerprint density at radius 3 is 2.79 bits per heavy atom. The monoisotopic (exact) mass is 326 g/mol. The molecule has 128 valence electrons. The lowest BCUT2D eigenvalue weighted by Gasteiger charge is -2.53. The Hall–Kier alpha value is -1.64. The third-order valence-electron chi connectivity index (χ3n) is 7.21. The van der Waals surface area contributed by atoms with E-state index >= 15 is 0 Å². The van der Waals surface area contributed by atoms with Crippen LogP contribution in [0.15, 0.2) is 35.6 Å². The Labute approximate surface area is 143 Å². The number of rotatable bonds is 1. The average molecular weight is 326 g/mol. The van der Waals surface area contributed by atoms with E-state index in [-0.39, 0.29) is 16.8 Å². The maximum Gasteiger partial charge on any atom is 0.307 e. The Morgan fingerprint density at radius 2 is 2.04 bits per heavy atom. The maximum absolute atomic E-state index is 12.4. The molecule has 0 amide bonds. The van der Waals surface area contributed by atoms with Gasteiger partial charge in [0.15, 0.2) is 0 Å². The van der Waals surface area contributed by atoms with Crippen LogP contribution in [0.5, 0.6) is 0 Å². The lowest BCUT2D eigenvalue weighted by molar-refractivity contribution is -0.137. The summed E-state index contributed by atoms with van der Waals surface area (Å²) in [6.45, 7) is 5.93. The molecule has 0 heterocycles. The van der Waals surface area contributed by atoms with Gasteiger partial charge in [-0.25, -0.2) is 0 Å². The highest BCUT2D eigenvalue weighted by atomic mass is 16.5. The van der Waals surface area contributed by atoms with Crippen molar-refractivity contribution in [3.05, 3.63) is 35.6 Å². The molecule has 0 aromatic heterocycles. The molecular weight excluding hydrogens is 300 g/mol. The molecule has 3 heteroatoms. The van der Waals surface area contributed by atoms with E-state index in [1.807, 2.05) is 0 Å². The molecule has 3 nitrogen and oxygen atoms in total. The molecule has 0 aromatic rings. The van der Waals surface area contributed by atoms with Gasteiger partial charge in [0.25, 0.3) is 0 Å². The second-order valence-corrected chi connectivity index (χ2v) is 8.39. The van der Waals surface area contributed by atoms with Crippen LogP contribution in [0, 0.1) is 28.6 Å². The van der Waals surface area contributed by atoms with Gasteiger partial charge in [-0.1, -0.05) is 38.2 Å². The van der Waals surface area contributed by atoms with E-state index in [0.717, 1.165) is 37.0 Å². The van der Waals surface area contributed by atoms with Gasteiger partial charge in [-0.3, -0.25) is 9.59 Å². The number of Topliss-reactive ketones (excluding diaryl/α,β-unsaturated/α-hetero) is 1. The summed E-state index contributed by atoms with van der Waals surface area (Å²) in [4.78, 5) is 23.9. The summed E-state index contributed by atoms with van der Waals surface area (Å²) in [6.07, 6.45) is 13.5. The summed E-state index contributed by atoms with van der Waals surface area (Å²) in [6, 6.07) is 0. The first-order valence-corrected chi connectivity index (χ1v) is 9.17. The van der Waals surface area contributed by atoms with Crippen LogP contribution >= 0.6 is 0 Å². The Morgan fingerprint density at radius 1 is 1.25 bits per heavy atom. The number of ether oxygens (including phenoxy) is 1. The van der Waals surface area contributed by atoms with Crippen LogP contribution in [-0.4, -0.2) is 11.8 Å². The SMILES string of the molecule is CC(=O)OC1=C2C=C[C@@H]3[C@H](CC[C@]4(C)C(=O)CC[C@@H]34)[C@@]2(C)C=CC1. The molecule has 24 heavy (non-hydrogen) atoms. The third kappa shape index (κ3) is 2.03. The first kappa shape index (κ1) is 15.9. The first-order valence-electron chi connectivity index (χ1n) is 9.17. The summed E-state index contributed by atoms with van der Waals surface area (Å²) < 4.78 is 5.51. The van der Waals surface area contributed by atoms with E-state index in [9.17, 15) is 9.59 Å². The van der Waals surface area contributed by atoms with Gasteiger partial charge < -0.3 is 4.74 Å². The molecule has 4 aliphatic carbocycles. The first-order chi connectivity index (χ1) is 11.4. The van der Waals surface area contributed by atoms with Crippen LogP contribution in [0.2, 0.25) is 0 Å². The van der Waals surface area contributed by atoms with Crippen molar-refractivity contribution < 1.29 is 14.3 Å². The molecule has 0 bridgehead atoms. The van der Waals surface area contributed by atoms with Crippen molar-refractivity contribution in [3.63, 3.8) is 0 Å². The van der Waals surface area contributed by atoms with E-state index in [1.165, 1.54) is 6.92 Å². The molecule has 4 aliphatic rings. The summed E-state index contributed by atoms with van der Waals surface area (Å²) >= 11 is 0. The van der Waals surface area contributed by atoms with E-state index in [1.54, 1.807) is 0 Å². The fourth-order valence-electron chi connectivity index (χ4n) is 5.92. The number of ketones is 1. The topological polar surface area (TPSA) is 43.4 Å². The highest BCUT2D eigenvalue weighted by Gasteiger charge is 2.57. The minimum atomic E-state index is -0.247. The Kier molecular flexibility index (Phi) is 3.42. The third-order valence-corrected chi connectivity index (χ3v) is 7.21. The molecule has 5 atom stereocenters. The lowest BCUT2D eigenvalue weighted by atomic mass is 9.50. The molecule has 0 saturated heterocycles. The molecule has 0 unspecified atom stereocenters. The predicted octanol–water partition coefficient (Wildman–Crippen LogP) is 4.35. The van der Waals surface area contributed by atoms with Gasteiger partial charge >= 0.3 is 5.97 Å². The summed E-state index contributed by atoms with van der Waals surface area (Å²) in [5.41, 5.74) is 0.949. The number of hydrogen-bond acceptors (Lipinski definition) is 3. The fourth-order valence-corrected chi connectivity index (χ4v) is 5.92. The number of carbonyl (C=O) groups excluding carboxylic acids is 2. The van der Waals surface area contributed by atoms with Crippen molar-refractivity contribution >= 4 is 11.8 Å². The second kappa shape index (κ2) is 5.18. The number of allylic oxidation sites excluding steroid dienone is 5. The molecule has 2 saturated carbocycles. The molecular formula is C21H26O3. The number of hydrogen-bond donors (Lipinski definition) is 0. The van der Waals surface area contributed by atoms with E-state index < -0.39 is 0 Å². The fraction of sp³-hybridized carbons (Fsp3) is 0.619. The summed E-state index contributed by atoms with van der Waals surface area (Å²) in [5, 5.41) is 0. The van der Waals surface area contributed by atoms with Crippen LogP contribution in [0.4, 0.5) is 0 Å². The van der Waals surface area contributed by atoms with E-state index in [4.69, 9.17) is 4.74 Å². The van der Waals surface area contributed by atoms with Gasteiger partial charge in [-0.05, 0) is 37.0 Å². The van der Waals surface area contributed by atoms with Gasteiger partial charge in [-0.2, -0.15) is 0 Å². The van der Waals surface area contributed by atoms with Crippen LogP contribution in [0.1, 0.15) is 52.9 Å². The predicted molar refractivity (Wildman–Crippen MR) is 91.8 cm³/mol. The van der Waals surface area contributed by atoms with Gasteiger partial charge in [0, 0.05) is 36.2 Å². The largest absolute Gasteiger partial charge is 0.431 e. The number of fused-ring (bicyclic) bond motifs is 5. The molecule has 0 aliphatic heterocycles. The molecule has 0 spiro atoms. The zero-order chi connectivity index (χ0) is 17.1. The highest BCUT2D eigenvalue weighted by molar-refractivity contribution is 5.87. The summed E-state index contributed by atoms with van der Waals surface area (Å²) in [5.74, 6) is 2.42. The van der Waals surface area contributed by atoms with Gasteiger partial charge in [0.1, 0.15) is 11.5 Å². The zero-order valence-electron chi connectivity index (χ0n) is 14.8. The molecule has 0 N–H and O–H groups in total. The minimum Gasteiger partial charge on any atom is -0.431 e. The van der Waals surface area contributed by atoms with E-state index in [0.29, 0.717) is 30.0 Å². The van der Waals surface area contributed by atoms with Crippen molar-refractivity contribution in [3.8, 4) is 0 Å². The second-order valence-electron chi connectivity index (χ2n) is 8.39. The van der Waals surface area contributed by atoms with Gasteiger partial charge in [0.05, 0.1) is 0 Å². The van der Waals surface area contributed by atoms with Crippen LogP contribution in [-0.2, 0) is 14.3 Å². The molecule has 0 radical (unpaired) electrons. The van der Waals surface area contributed by atoms with Crippen molar-refractivity contribution in [1.82, 2.24) is 0 Å². The Bertz CT molecular complexity index is 698. The maximum atomic E-state index is 12.4. The average Bonchev–Trinajstić information content (AvgIpc) is 2.82. The smallest absolute Gasteiger partial charge is 0.307 e. The van der Waals surface area contributed by atoms with E-state index in [2.05, 4.69) is 38.2 Å². The number of carbonyl (C=O) groups is 2. The van der Waals surface area contributed by atoms with Crippen molar-refractivity contribution in [2.45, 2.75) is 52.9 Å². The summed E-state index contributed by atoms with van der Waals surface area (Å²) in [7, 11) is 0. The van der Waals surface area contributed by atoms with Crippen molar-refractivity contribution in [2.75, 3.05) is 0 Å². The Balaban J connectivity index is 1.77. The van der Waals surface area contributed by atoms with Crippen molar-refractivity contribution in [1.29, 1.82) is 0 Å². The van der Waals surface area contributed by atoms with Crippen LogP contribution in [0.25, 0.3) is 0 Å². The van der Waals surface area contributed by atoms with Gasteiger partial charge in [-0.15, -0.1) is 0 Å². The highest BCUT2D eigenvalue weighted by Crippen LogP contribution is 2.62. The zero-order valence-corrected chi connectivity index (χ0v) is 14.8. The number of esters is 1. The van der Waals surface area contributed by atoms with Gasteiger partial charge in [0.2, 0.25) is 0 Å². The molecule has 4 rings (SSSR count). The van der Waals surface area contributed by atoms with Crippen LogP contribution in [0.3, 0.4) is 0 Å². The lowest BCUT2D eigenvalue weighted by Crippen LogP contribution is -2.48.